The molecule has 1 aliphatic carbocycles. The lowest BCUT2D eigenvalue weighted by Gasteiger charge is -2.32. The van der Waals surface area contributed by atoms with Crippen LogP contribution in [0.2, 0.25) is 5.02 Å². The van der Waals surface area contributed by atoms with Gasteiger partial charge in [0, 0.05) is 12.6 Å². The highest BCUT2D eigenvalue weighted by atomic mass is 35.5. The van der Waals surface area contributed by atoms with Crippen LogP contribution in [0.25, 0.3) is 0 Å². The van der Waals surface area contributed by atoms with Gasteiger partial charge in [-0.05, 0) is 25.8 Å². The number of aromatic nitrogens is 2. The number of nitrogens with two attached hydrogens (primary N) is 1. The summed E-state index contributed by atoms with van der Waals surface area (Å²) in [6, 6.07) is 0.543. The van der Waals surface area contributed by atoms with E-state index in [1.54, 1.807) is 12.5 Å². The van der Waals surface area contributed by atoms with Crippen LogP contribution in [-0.4, -0.2) is 29.1 Å². The highest BCUT2D eigenvalue weighted by molar-refractivity contribution is 6.32. The van der Waals surface area contributed by atoms with Crippen molar-refractivity contribution in [3.05, 3.63) is 17.5 Å². The Kier molecular flexibility index (Phi) is 5.86. The second-order valence-corrected chi connectivity index (χ2v) is 5.58. The standard InChI is InChI=1S/C14H23ClN4/c15-13-10-17-11-18-14(13)19(9-5-8-16)12-6-3-1-2-4-7-12/h10-12H,1-9,16H2. The van der Waals surface area contributed by atoms with Crippen molar-refractivity contribution in [2.75, 3.05) is 18.0 Å². The molecule has 1 aliphatic rings. The first-order valence-corrected chi connectivity index (χ1v) is 7.63. The van der Waals surface area contributed by atoms with Crippen molar-refractivity contribution < 1.29 is 0 Å². The van der Waals surface area contributed by atoms with Crippen LogP contribution in [0.15, 0.2) is 12.5 Å². The highest BCUT2D eigenvalue weighted by Crippen LogP contribution is 2.29. The molecule has 0 aromatic carbocycles. The summed E-state index contributed by atoms with van der Waals surface area (Å²) >= 11 is 6.26. The summed E-state index contributed by atoms with van der Waals surface area (Å²) in [5, 5.41) is 0.642. The molecule has 0 amide bonds. The molecule has 0 bridgehead atoms. The van der Waals surface area contributed by atoms with Gasteiger partial charge in [0.2, 0.25) is 0 Å². The van der Waals surface area contributed by atoms with Crippen LogP contribution in [0, 0.1) is 0 Å². The van der Waals surface area contributed by atoms with Crippen LogP contribution in [-0.2, 0) is 0 Å². The molecule has 1 fully saturated rings. The maximum absolute atomic E-state index is 6.26. The normalized spacial score (nSPS) is 17.2. The van der Waals surface area contributed by atoms with Gasteiger partial charge in [0.15, 0.2) is 5.82 Å². The van der Waals surface area contributed by atoms with Gasteiger partial charge in [0.1, 0.15) is 11.3 Å². The van der Waals surface area contributed by atoms with Crippen molar-refractivity contribution >= 4 is 17.4 Å². The van der Waals surface area contributed by atoms with Gasteiger partial charge >= 0.3 is 0 Å². The van der Waals surface area contributed by atoms with E-state index < -0.39 is 0 Å². The molecule has 0 unspecified atom stereocenters. The number of hydrogen-bond donors (Lipinski definition) is 1. The quantitative estimate of drug-likeness (QED) is 0.844. The zero-order valence-electron chi connectivity index (χ0n) is 11.4. The lowest BCUT2D eigenvalue weighted by Crippen LogP contribution is -2.37. The molecule has 19 heavy (non-hydrogen) atoms. The molecule has 0 radical (unpaired) electrons. The third kappa shape index (κ3) is 4.05. The first-order chi connectivity index (χ1) is 9.33. The molecule has 1 saturated carbocycles. The summed E-state index contributed by atoms with van der Waals surface area (Å²) < 4.78 is 0. The van der Waals surface area contributed by atoms with E-state index >= 15 is 0 Å². The van der Waals surface area contributed by atoms with Crippen molar-refractivity contribution in [2.24, 2.45) is 5.73 Å². The van der Waals surface area contributed by atoms with E-state index in [4.69, 9.17) is 17.3 Å². The number of anilines is 1. The minimum Gasteiger partial charge on any atom is -0.352 e. The Bertz CT molecular complexity index is 377. The Morgan fingerprint density at radius 2 is 2.00 bits per heavy atom. The van der Waals surface area contributed by atoms with Gasteiger partial charge in [-0.2, -0.15) is 0 Å². The predicted molar refractivity (Wildman–Crippen MR) is 79.5 cm³/mol. The van der Waals surface area contributed by atoms with Crippen LogP contribution in [0.3, 0.4) is 0 Å². The Balaban J connectivity index is 2.16. The Morgan fingerprint density at radius 1 is 1.26 bits per heavy atom. The molecular weight excluding hydrogens is 260 g/mol. The van der Waals surface area contributed by atoms with Crippen molar-refractivity contribution in [1.82, 2.24) is 9.97 Å². The smallest absolute Gasteiger partial charge is 0.151 e. The number of halogens is 1. The largest absolute Gasteiger partial charge is 0.352 e. The van der Waals surface area contributed by atoms with Gasteiger partial charge in [-0.15, -0.1) is 0 Å². The zero-order chi connectivity index (χ0) is 13.5. The van der Waals surface area contributed by atoms with Crippen molar-refractivity contribution in [3.8, 4) is 0 Å². The van der Waals surface area contributed by atoms with Gasteiger partial charge in [0.25, 0.3) is 0 Å². The molecule has 1 aromatic heterocycles. The lowest BCUT2D eigenvalue weighted by atomic mass is 10.1. The van der Waals surface area contributed by atoms with Gasteiger partial charge in [-0.3, -0.25) is 0 Å². The summed E-state index contributed by atoms with van der Waals surface area (Å²) in [5.41, 5.74) is 5.66. The molecule has 0 aliphatic heterocycles. The fraction of sp³-hybridized carbons (Fsp3) is 0.714. The van der Waals surface area contributed by atoms with E-state index in [2.05, 4.69) is 14.9 Å². The first kappa shape index (κ1) is 14.5. The molecule has 106 valence electrons. The van der Waals surface area contributed by atoms with Crippen LogP contribution < -0.4 is 10.6 Å². The third-order valence-corrected chi connectivity index (χ3v) is 4.06. The monoisotopic (exact) mass is 282 g/mol. The Hall–Kier alpha value is -0.870. The molecule has 5 heteroatoms. The SMILES string of the molecule is NCCCN(c1ncncc1Cl)C1CCCCCC1. The molecule has 4 nitrogen and oxygen atoms in total. The maximum atomic E-state index is 6.26. The van der Waals surface area contributed by atoms with E-state index in [1.807, 2.05) is 0 Å². The van der Waals surface area contributed by atoms with Crippen LogP contribution in [0.1, 0.15) is 44.9 Å². The molecule has 1 heterocycles. The second-order valence-electron chi connectivity index (χ2n) is 5.18. The zero-order valence-corrected chi connectivity index (χ0v) is 12.1. The molecule has 2 rings (SSSR count). The summed E-state index contributed by atoms with van der Waals surface area (Å²) in [7, 11) is 0. The van der Waals surface area contributed by atoms with Crippen molar-refractivity contribution in [1.29, 1.82) is 0 Å². The van der Waals surface area contributed by atoms with E-state index in [-0.39, 0.29) is 0 Å². The average Bonchev–Trinajstić information content (AvgIpc) is 2.70. The number of nitrogens with zero attached hydrogens (tertiary/aromatic N) is 3. The first-order valence-electron chi connectivity index (χ1n) is 7.25. The average molecular weight is 283 g/mol. The van der Waals surface area contributed by atoms with E-state index in [9.17, 15) is 0 Å². The molecule has 0 saturated heterocycles. The van der Waals surface area contributed by atoms with Crippen molar-refractivity contribution in [3.63, 3.8) is 0 Å². The number of rotatable bonds is 5. The fourth-order valence-electron chi connectivity index (χ4n) is 2.81. The van der Waals surface area contributed by atoms with Crippen LogP contribution in [0.4, 0.5) is 5.82 Å². The Morgan fingerprint density at radius 3 is 2.63 bits per heavy atom. The third-order valence-electron chi connectivity index (χ3n) is 3.79. The van der Waals surface area contributed by atoms with E-state index in [0.717, 1.165) is 18.8 Å². The molecule has 1 aromatic rings. The topological polar surface area (TPSA) is 55.0 Å². The van der Waals surface area contributed by atoms with Gasteiger partial charge in [-0.1, -0.05) is 37.3 Å². The summed E-state index contributed by atoms with van der Waals surface area (Å²) in [4.78, 5) is 10.7. The molecule has 2 N–H and O–H groups in total. The number of hydrogen-bond acceptors (Lipinski definition) is 4. The van der Waals surface area contributed by atoms with Crippen molar-refractivity contribution in [2.45, 2.75) is 51.0 Å². The molecule has 0 atom stereocenters. The Labute approximate surface area is 120 Å². The van der Waals surface area contributed by atoms with E-state index in [0.29, 0.717) is 17.6 Å². The minimum atomic E-state index is 0.543. The second kappa shape index (κ2) is 7.65. The lowest BCUT2D eigenvalue weighted by molar-refractivity contribution is 0.514. The summed E-state index contributed by atoms with van der Waals surface area (Å²) in [6.45, 7) is 1.63. The molecular formula is C14H23ClN4. The predicted octanol–water partition coefficient (Wildman–Crippen LogP) is 3.01. The maximum Gasteiger partial charge on any atom is 0.151 e. The summed E-state index contributed by atoms with van der Waals surface area (Å²) in [5.74, 6) is 0.872. The van der Waals surface area contributed by atoms with E-state index in [1.165, 1.54) is 38.5 Å². The minimum absolute atomic E-state index is 0.543. The molecule has 0 spiro atoms. The fourth-order valence-corrected chi connectivity index (χ4v) is 3.02. The van der Waals surface area contributed by atoms with Crippen LogP contribution >= 0.6 is 11.6 Å². The van der Waals surface area contributed by atoms with Gasteiger partial charge in [0.05, 0.1) is 6.20 Å². The van der Waals surface area contributed by atoms with Crippen LogP contribution in [0.5, 0.6) is 0 Å². The van der Waals surface area contributed by atoms with Gasteiger partial charge in [-0.25, -0.2) is 9.97 Å². The van der Waals surface area contributed by atoms with Gasteiger partial charge < -0.3 is 10.6 Å². The summed E-state index contributed by atoms with van der Waals surface area (Å²) in [6.07, 6.45) is 12.0. The highest BCUT2D eigenvalue weighted by Gasteiger charge is 2.22.